The van der Waals surface area contributed by atoms with Crippen LogP contribution in [0.15, 0.2) is 30.3 Å². The number of nitrogens with one attached hydrogen (secondary N) is 1. The summed E-state index contributed by atoms with van der Waals surface area (Å²) in [6.07, 6.45) is 4.90. The molecule has 2 aromatic heterocycles. The van der Waals surface area contributed by atoms with Gasteiger partial charge in [0, 0.05) is 11.6 Å². The summed E-state index contributed by atoms with van der Waals surface area (Å²) in [5.41, 5.74) is 3.25. The molecular weight excluding hydrogens is 464 g/mol. The quantitative estimate of drug-likeness (QED) is 0.571. The van der Waals surface area contributed by atoms with Crippen molar-refractivity contribution in [3.05, 3.63) is 41.6 Å². The summed E-state index contributed by atoms with van der Waals surface area (Å²) in [5, 5.41) is 8.66. The Morgan fingerprint density at radius 1 is 1.14 bits per heavy atom. The van der Waals surface area contributed by atoms with Crippen LogP contribution in [0.3, 0.4) is 0 Å². The Morgan fingerprint density at radius 2 is 1.89 bits per heavy atom. The van der Waals surface area contributed by atoms with Gasteiger partial charge in [0.25, 0.3) is 5.91 Å². The Kier molecular flexibility index (Phi) is 6.29. The van der Waals surface area contributed by atoms with Crippen molar-refractivity contribution in [2.24, 2.45) is 5.92 Å². The molecule has 0 radical (unpaired) electrons. The second-order valence-corrected chi connectivity index (χ2v) is 12.1. The second-order valence-electron chi connectivity index (χ2n) is 9.91. The first-order chi connectivity index (χ1) is 16.8. The largest absolute Gasteiger partial charge is 0.497 e. The van der Waals surface area contributed by atoms with Crippen LogP contribution < -0.4 is 10.1 Å². The second kappa shape index (κ2) is 9.26. The topological polar surface area (TPSA) is 103 Å². The molecule has 35 heavy (non-hydrogen) atoms. The lowest BCUT2D eigenvalue weighted by molar-refractivity contribution is 0.0912. The number of carbonyl (C=O) groups is 1. The lowest BCUT2D eigenvalue weighted by Crippen LogP contribution is -2.41. The summed E-state index contributed by atoms with van der Waals surface area (Å²) >= 11 is 0. The maximum absolute atomic E-state index is 13.7. The number of aryl methyl sites for hydroxylation is 1. The van der Waals surface area contributed by atoms with Crippen LogP contribution in [0.4, 0.5) is 0 Å². The third-order valence-corrected chi connectivity index (χ3v) is 9.20. The number of ether oxygens (including phenoxy) is 1. The van der Waals surface area contributed by atoms with Crippen molar-refractivity contribution in [1.82, 2.24) is 20.1 Å². The number of rotatable bonds is 5. The standard InChI is InChI=1S/C26H32N4O4S/c1-16-6-4-5-7-22(16)28-26(31)21-14-23(18-8-10-20(34-3)11-9-18)27-25-24(21)17(2)29-30(25)19-12-13-35(32,33)15-19/h8-11,14,16,19,22H,4-7,12-13,15H2,1-3H3,(H,28,31)/t16-,19+,22-/m1/s1. The van der Waals surface area contributed by atoms with E-state index in [1.54, 1.807) is 11.8 Å². The van der Waals surface area contributed by atoms with Gasteiger partial charge in [-0.3, -0.25) is 4.79 Å². The van der Waals surface area contributed by atoms with Gasteiger partial charge in [-0.25, -0.2) is 18.1 Å². The minimum absolute atomic E-state index is 0.0405. The minimum Gasteiger partial charge on any atom is -0.497 e. The minimum atomic E-state index is -3.11. The fourth-order valence-electron chi connectivity index (χ4n) is 5.40. The molecule has 8 nitrogen and oxygen atoms in total. The molecule has 0 spiro atoms. The number of pyridine rings is 1. The number of methoxy groups -OCH3 is 1. The molecule has 1 saturated carbocycles. The molecule has 1 saturated heterocycles. The molecule has 1 aromatic carbocycles. The van der Waals surface area contributed by atoms with Gasteiger partial charge in [-0.1, -0.05) is 19.8 Å². The van der Waals surface area contributed by atoms with Gasteiger partial charge < -0.3 is 10.1 Å². The number of aromatic nitrogens is 3. The monoisotopic (exact) mass is 496 g/mol. The van der Waals surface area contributed by atoms with Gasteiger partial charge in [0.15, 0.2) is 15.5 Å². The first kappa shape index (κ1) is 23.8. The molecule has 3 aromatic rings. The van der Waals surface area contributed by atoms with Gasteiger partial charge >= 0.3 is 0 Å². The normalized spacial score (nSPS) is 23.9. The number of carbonyl (C=O) groups excluding carboxylic acids is 1. The first-order valence-corrected chi connectivity index (χ1v) is 14.1. The summed E-state index contributed by atoms with van der Waals surface area (Å²) in [7, 11) is -1.49. The summed E-state index contributed by atoms with van der Waals surface area (Å²) in [6.45, 7) is 4.05. The maximum Gasteiger partial charge on any atom is 0.252 e. The molecular formula is C26H32N4O4S. The van der Waals surface area contributed by atoms with Crippen LogP contribution in [-0.4, -0.2) is 53.7 Å². The highest BCUT2D eigenvalue weighted by Gasteiger charge is 2.33. The molecule has 1 N–H and O–H groups in total. The number of fused-ring (bicyclic) bond motifs is 1. The third kappa shape index (κ3) is 4.66. The van der Waals surface area contributed by atoms with Crippen LogP contribution in [0.25, 0.3) is 22.3 Å². The van der Waals surface area contributed by atoms with Crippen LogP contribution in [0.5, 0.6) is 5.75 Å². The fourth-order valence-corrected chi connectivity index (χ4v) is 7.09. The van der Waals surface area contributed by atoms with Crippen LogP contribution in [0.2, 0.25) is 0 Å². The predicted octanol–water partition coefficient (Wildman–Crippen LogP) is 4.08. The van der Waals surface area contributed by atoms with E-state index in [2.05, 4.69) is 12.2 Å². The van der Waals surface area contributed by atoms with Crippen molar-refractivity contribution in [3.63, 3.8) is 0 Å². The lowest BCUT2D eigenvalue weighted by Gasteiger charge is -2.29. The maximum atomic E-state index is 13.7. The van der Waals surface area contributed by atoms with Crippen molar-refractivity contribution >= 4 is 26.8 Å². The van der Waals surface area contributed by atoms with Crippen LogP contribution in [0, 0.1) is 12.8 Å². The fraction of sp³-hybridized carbons (Fsp3) is 0.500. The van der Waals surface area contributed by atoms with E-state index in [-0.39, 0.29) is 29.5 Å². The van der Waals surface area contributed by atoms with Gasteiger partial charge in [-0.15, -0.1) is 0 Å². The molecule has 3 heterocycles. The first-order valence-electron chi connectivity index (χ1n) is 12.3. The van der Waals surface area contributed by atoms with Gasteiger partial charge in [0.1, 0.15) is 5.75 Å². The molecule has 3 atom stereocenters. The highest BCUT2D eigenvalue weighted by atomic mass is 32.2. The van der Waals surface area contributed by atoms with Gasteiger partial charge in [0.05, 0.1) is 47.0 Å². The number of benzene rings is 1. The number of hydrogen-bond acceptors (Lipinski definition) is 6. The summed E-state index contributed by atoms with van der Waals surface area (Å²) in [6, 6.07) is 9.21. The smallest absolute Gasteiger partial charge is 0.252 e. The Balaban J connectivity index is 1.63. The molecule has 2 fully saturated rings. The van der Waals surface area contributed by atoms with E-state index in [0.29, 0.717) is 40.3 Å². The van der Waals surface area contributed by atoms with Crippen molar-refractivity contribution in [3.8, 4) is 17.0 Å². The van der Waals surface area contributed by atoms with Crippen molar-refractivity contribution in [1.29, 1.82) is 0 Å². The van der Waals surface area contributed by atoms with Gasteiger partial charge in [0.2, 0.25) is 0 Å². The summed E-state index contributed by atoms with van der Waals surface area (Å²) < 4.78 is 31.4. The molecule has 1 amide bonds. The molecule has 0 unspecified atom stereocenters. The Morgan fingerprint density at radius 3 is 2.54 bits per heavy atom. The summed E-state index contributed by atoms with van der Waals surface area (Å²) in [4.78, 5) is 18.6. The van der Waals surface area contributed by atoms with E-state index >= 15 is 0 Å². The average molecular weight is 497 g/mol. The van der Waals surface area contributed by atoms with E-state index in [0.717, 1.165) is 30.6 Å². The van der Waals surface area contributed by atoms with Crippen molar-refractivity contribution in [2.45, 2.75) is 58.0 Å². The van der Waals surface area contributed by atoms with Crippen LogP contribution >= 0.6 is 0 Å². The summed E-state index contributed by atoms with van der Waals surface area (Å²) in [5.74, 6) is 1.21. The van der Waals surface area contributed by atoms with Gasteiger partial charge in [-0.05, 0) is 62.4 Å². The van der Waals surface area contributed by atoms with E-state index in [1.165, 1.54) is 6.42 Å². The highest BCUT2D eigenvalue weighted by Crippen LogP contribution is 2.33. The Bertz CT molecular complexity index is 1360. The molecule has 2 aliphatic rings. The third-order valence-electron chi connectivity index (χ3n) is 7.45. The van der Waals surface area contributed by atoms with Crippen LogP contribution in [-0.2, 0) is 9.84 Å². The molecule has 5 rings (SSSR count). The van der Waals surface area contributed by atoms with E-state index < -0.39 is 9.84 Å². The molecule has 1 aliphatic heterocycles. The Labute approximate surface area is 206 Å². The van der Waals surface area contributed by atoms with Crippen molar-refractivity contribution < 1.29 is 17.9 Å². The number of hydrogen-bond donors (Lipinski definition) is 1. The average Bonchev–Trinajstić information content (AvgIpc) is 3.38. The SMILES string of the molecule is COc1ccc(-c2cc(C(=O)N[C@@H]3CCCC[C@H]3C)c3c(C)nn([C@H]4CCS(=O)(=O)C4)c3n2)cc1. The zero-order valence-corrected chi connectivity index (χ0v) is 21.3. The predicted molar refractivity (Wildman–Crippen MR) is 135 cm³/mol. The number of sulfone groups is 1. The number of amides is 1. The number of nitrogens with zero attached hydrogens (tertiary/aromatic N) is 3. The lowest BCUT2D eigenvalue weighted by atomic mass is 9.86. The van der Waals surface area contributed by atoms with E-state index in [1.807, 2.05) is 37.3 Å². The molecule has 0 bridgehead atoms. The highest BCUT2D eigenvalue weighted by molar-refractivity contribution is 7.91. The van der Waals surface area contributed by atoms with E-state index in [9.17, 15) is 13.2 Å². The van der Waals surface area contributed by atoms with Crippen LogP contribution in [0.1, 0.15) is 61.1 Å². The zero-order valence-electron chi connectivity index (χ0n) is 20.5. The molecule has 186 valence electrons. The van der Waals surface area contributed by atoms with Gasteiger partial charge in [-0.2, -0.15) is 5.10 Å². The molecule has 1 aliphatic carbocycles. The zero-order chi connectivity index (χ0) is 24.7. The van der Waals surface area contributed by atoms with E-state index in [4.69, 9.17) is 14.8 Å². The Hall–Kier alpha value is -2.94. The molecule has 9 heteroatoms. The van der Waals surface area contributed by atoms with Crippen molar-refractivity contribution in [2.75, 3.05) is 18.6 Å².